The molecule has 2 aromatic rings. The maximum atomic E-state index is 11.9. The van der Waals surface area contributed by atoms with E-state index in [9.17, 15) is 4.79 Å². The van der Waals surface area contributed by atoms with Gasteiger partial charge in [-0.3, -0.25) is 15.6 Å². The molecule has 1 amide bonds. The van der Waals surface area contributed by atoms with Crippen molar-refractivity contribution in [1.82, 2.24) is 10.9 Å². The minimum atomic E-state index is -0.325. The number of rotatable bonds is 7. The second-order valence-electron chi connectivity index (χ2n) is 4.75. The molecule has 2 aromatic carbocycles. The van der Waals surface area contributed by atoms with E-state index in [1.807, 2.05) is 24.3 Å². The van der Waals surface area contributed by atoms with Gasteiger partial charge in [0.05, 0.1) is 17.3 Å². The van der Waals surface area contributed by atoms with E-state index in [2.05, 4.69) is 49.3 Å². The lowest BCUT2D eigenvalue weighted by Crippen LogP contribution is -2.39. The fraction of sp³-hybridized carbons (Fsp3) is 0.118. The number of hydrogen-bond acceptors (Lipinski definition) is 4. The van der Waals surface area contributed by atoms with E-state index in [1.54, 1.807) is 25.3 Å². The molecule has 0 aliphatic rings. The maximum Gasteiger partial charge on any atom is 0.276 e. The summed E-state index contributed by atoms with van der Waals surface area (Å²) < 4.78 is 12.2. The Kier molecular flexibility index (Phi) is 6.69. The summed E-state index contributed by atoms with van der Waals surface area (Å²) in [6.45, 7) is 3.75. The molecule has 0 saturated heterocycles. The van der Waals surface area contributed by atoms with Gasteiger partial charge < -0.3 is 9.47 Å². The SMILES string of the molecule is C=C(NNC(=O)COc1ccc(OC)cc1Br)c1cccc(Br)c1. The molecule has 24 heavy (non-hydrogen) atoms. The summed E-state index contributed by atoms with van der Waals surface area (Å²) in [7, 11) is 1.58. The van der Waals surface area contributed by atoms with Crippen LogP contribution >= 0.6 is 31.9 Å². The molecule has 0 heterocycles. The van der Waals surface area contributed by atoms with Crippen molar-refractivity contribution in [2.75, 3.05) is 13.7 Å². The van der Waals surface area contributed by atoms with Crippen LogP contribution in [0.1, 0.15) is 5.56 Å². The third kappa shape index (κ3) is 5.28. The number of hydrazine groups is 1. The van der Waals surface area contributed by atoms with Gasteiger partial charge in [0.1, 0.15) is 11.5 Å². The third-order valence-electron chi connectivity index (χ3n) is 3.02. The van der Waals surface area contributed by atoms with E-state index < -0.39 is 0 Å². The van der Waals surface area contributed by atoms with Gasteiger partial charge in [-0.15, -0.1) is 0 Å². The quantitative estimate of drug-likeness (QED) is 0.622. The van der Waals surface area contributed by atoms with E-state index >= 15 is 0 Å². The molecule has 0 aliphatic heterocycles. The van der Waals surface area contributed by atoms with Crippen molar-refractivity contribution >= 4 is 43.5 Å². The van der Waals surface area contributed by atoms with Crippen molar-refractivity contribution in [3.05, 3.63) is 63.6 Å². The number of amides is 1. The van der Waals surface area contributed by atoms with Gasteiger partial charge in [-0.1, -0.05) is 34.6 Å². The number of hydrogen-bond donors (Lipinski definition) is 2. The van der Waals surface area contributed by atoms with Gasteiger partial charge in [-0.05, 0) is 51.8 Å². The highest BCUT2D eigenvalue weighted by Crippen LogP contribution is 2.28. The van der Waals surface area contributed by atoms with Gasteiger partial charge in [0.25, 0.3) is 5.91 Å². The fourth-order valence-electron chi connectivity index (χ4n) is 1.80. The smallest absolute Gasteiger partial charge is 0.276 e. The molecular formula is C17H16Br2N2O3. The van der Waals surface area contributed by atoms with Crippen molar-refractivity contribution in [3.8, 4) is 11.5 Å². The molecular weight excluding hydrogens is 440 g/mol. The normalized spacial score (nSPS) is 9.96. The van der Waals surface area contributed by atoms with Crippen LogP contribution in [-0.4, -0.2) is 19.6 Å². The average molecular weight is 456 g/mol. The van der Waals surface area contributed by atoms with E-state index in [0.717, 1.165) is 10.0 Å². The van der Waals surface area contributed by atoms with Crippen LogP contribution in [0.4, 0.5) is 0 Å². The van der Waals surface area contributed by atoms with Crippen molar-refractivity contribution in [2.24, 2.45) is 0 Å². The van der Waals surface area contributed by atoms with Gasteiger partial charge in [0.2, 0.25) is 0 Å². The monoisotopic (exact) mass is 454 g/mol. The first kappa shape index (κ1) is 18.4. The lowest BCUT2D eigenvalue weighted by atomic mass is 10.2. The molecule has 0 aliphatic carbocycles. The number of benzene rings is 2. The van der Waals surface area contributed by atoms with Crippen molar-refractivity contribution in [2.45, 2.75) is 0 Å². The Hall–Kier alpha value is -1.99. The van der Waals surface area contributed by atoms with E-state index in [0.29, 0.717) is 21.7 Å². The molecule has 2 N–H and O–H groups in total. The summed E-state index contributed by atoms with van der Waals surface area (Å²) in [5.41, 5.74) is 6.76. The Bertz CT molecular complexity index is 750. The van der Waals surface area contributed by atoms with E-state index in [4.69, 9.17) is 9.47 Å². The van der Waals surface area contributed by atoms with E-state index in [1.165, 1.54) is 0 Å². The molecule has 2 rings (SSSR count). The van der Waals surface area contributed by atoms with Crippen molar-refractivity contribution < 1.29 is 14.3 Å². The highest BCUT2D eigenvalue weighted by Gasteiger charge is 2.07. The molecule has 7 heteroatoms. The molecule has 0 spiro atoms. The fourth-order valence-corrected chi connectivity index (χ4v) is 2.67. The van der Waals surface area contributed by atoms with Crippen LogP contribution in [0.25, 0.3) is 5.70 Å². The molecule has 126 valence electrons. The van der Waals surface area contributed by atoms with Crippen LogP contribution in [0.3, 0.4) is 0 Å². The molecule has 5 nitrogen and oxygen atoms in total. The van der Waals surface area contributed by atoms with E-state index in [-0.39, 0.29) is 12.5 Å². The summed E-state index contributed by atoms with van der Waals surface area (Å²) in [4.78, 5) is 11.9. The Balaban J connectivity index is 1.82. The summed E-state index contributed by atoms with van der Waals surface area (Å²) >= 11 is 6.76. The molecule has 0 fully saturated rings. The van der Waals surface area contributed by atoms with Crippen molar-refractivity contribution in [1.29, 1.82) is 0 Å². The highest BCUT2D eigenvalue weighted by atomic mass is 79.9. The molecule has 0 unspecified atom stereocenters. The summed E-state index contributed by atoms with van der Waals surface area (Å²) in [5.74, 6) is 0.927. The van der Waals surface area contributed by atoms with Gasteiger partial charge in [-0.2, -0.15) is 0 Å². The second kappa shape index (κ2) is 8.75. The highest BCUT2D eigenvalue weighted by molar-refractivity contribution is 9.10. The largest absolute Gasteiger partial charge is 0.497 e. The number of halogens is 2. The first-order valence-corrected chi connectivity index (χ1v) is 8.54. The first-order valence-electron chi connectivity index (χ1n) is 6.95. The van der Waals surface area contributed by atoms with Crippen LogP contribution < -0.4 is 20.3 Å². The lowest BCUT2D eigenvalue weighted by Gasteiger charge is -2.13. The molecule has 0 saturated carbocycles. The number of nitrogens with one attached hydrogen (secondary N) is 2. The average Bonchev–Trinajstić information content (AvgIpc) is 2.58. The van der Waals surface area contributed by atoms with Crippen LogP contribution in [0.15, 0.2) is 58.0 Å². The number of carbonyl (C=O) groups is 1. The first-order chi connectivity index (χ1) is 11.5. The maximum absolute atomic E-state index is 11.9. The van der Waals surface area contributed by atoms with Gasteiger partial charge in [0.15, 0.2) is 6.61 Å². The van der Waals surface area contributed by atoms with Crippen LogP contribution in [0.2, 0.25) is 0 Å². The number of carbonyl (C=O) groups excluding carboxylic acids is 1. The van der Waals surface area contributed by atoms with Crippen LogP contribution in [0.5, 0.6) is 11.5 Å². The zero-order chi connectivity index (χ0) is 17.5. The molecule has 0 radical (unpaired) electrons. The molecule has 0 atom stereocenters. The summed E-state index contributed by atoms with van der Waals surface area (Å²) in [6.07, 6.45) is 0. The zero-order valence-corrected chi connectivity index (χ0v) is 16.1. The summed E-state index contributed by atoms with van der Waals surface area (Å²) in [6, 6.07) is 12.8. The Morgan fingerprint density at radius 1 is 1.17 bits per heavy atom. The standard InChI is InChI=1S/C17H16Br2N2O3/c1-11(12-4-3-5-13(18)8-12)20-21-17(22)10-24-16-7-6-14(23-2)9-15(16)19/h3-9,20H,1,10H2,2H3,(H,21,22). The lowest BCUT2D eigenvalue weighted by molar-refractivity contribution is -0.123. The van der Waals surface area contributed by atoms with Crippen LogP contribution in [-0.2, 0) is 4.79 Å². The molecule has 0 aromatic heterocycles. The minimum absolute atomic E-state index is 0.135. The predicted octanol–water partition coefficient (Wildman–Crippen LogP) is 3.89. The summed E-state index contributed by atoms with van der Waals surface area (Å²) in [5, 5.41) is 0. The molecule has 0 bridgehead atoms. The van der Waals surface area contributed by atoms with Crippen molar-refractivity contribution in [3.63, 3.8) is 0 Å². The minimum Gasteiger partial charge on any atom is -0.497 e. The second-order valence-corrected chi connectivity index (χ2v) is 6.52. The van der Waals surface area contributed by atoms with Crippen LogP contribution in [0, 0.1) is 0 Å². The topological polar surface area (TPSA) is 59.6 Å². The van der Waals surface area contributed by atoms with Gasteiger partial charge in [0, 0.05) is 4.47 Å². The third-order valence-corrected chi connectivity index (χ3v) is 4.14. The number of ether oxygens (including phenoxy) is 2. The predicted molar refractivity (Wildman–Crippen MR) is 101 cm³/mol. The zero-order valence-electron chi connectivity index (χ0n) is 12.9. The van der Waals surface area contributed by atoms with Gasteiger partial charge >= 0.3 is 0 Å². The Morgan fingerprint density at radius 2 is 1.96 bits per heavy atom. The Labute approximate surface area is 157 Å². The number of methoxy groups -OCH3 is 1. The Morgan fingerprint density at radius 3 is 2.62 bits per heavy atom. The van der Waals surface area contributed by atoms with Gasteiger partial charge in [-0.25, -0.2) is 0 Å².